The Morgan fingerprint density at radius 3 is 2.28 bits per heavy atom. The molecule has 50 heavy (non-hydrogen) atoms. The first-order valence-electron chi connectivity index (χ1n) is 19.0. The van der Waals surface area contributed by atoms with Gasteiger partial charge in [0.15, 0.2) is 17.8 Å². The Kier molecular flexibility index (Phi) is 8.52. The van der Waals surface area contributed by atoms with Gasteiger partial charge in [-0.1, -0.05) is 34.6 Å². The van der Waals surface area contributed by atoms with Gasteiger partial charge in [-0.2, -0.15) is 0 Å². The summed E-state index contributed by atoms with van der Waals surface area (Å²) in [6, 6.07) is -0.263. The van der Waals surface area contributed by atoms with E-state index >= 15 is 0 Å². The van der Waals surface area contributed by atoms with Crippen LogP contribution in [0.1, 0.15) is 93.4 Å². The number of hydrogen-bond acceptors (Lipinski definition) is 13. The minimum absolute atomic E-state index is 0.0586. The van der Waals surface area contributed by atoms with Crippen LogP contribution in [0.25, 0.3) is 0 Å². The molecule has 0 radical (unpaired) electrons. The number of piperidine rings is 2. The van der Waals surface area contributed by atoms with E-state index in [1.165, 1.54) is 6.92 Å². The first-order chi connectivity index (χ1) is 23.2. The minimum Gasteiger partial charge on any atom is -0.456 e. The molecule has 4 bridgehead atoms. The third-order valence-corrected chi connectivity index (χ3v) is 15.4. The van der Waals surface area contributed by atoms with Gasteiger partial charge >= 0.3 is 11.9 Å². The van der Waals surface area contributed by atoms with Crippen LogP contribution >= 0.6 is 0 Å². The van der Waals surface area contributed by atoms with Crippen molar-refractivity contribution < 1.29 is 59.5 Å². The Labute approximate surface area is 294 Å². The summed E-state index contributed by atoms with van der Waals surface area (Å²) < 4.78 is 18.7. The van der Waals surface area contributed by atoms with E-state index in [-0.39, 0.29) is 31.7 Å². The van der Waals surface area contributed by atoms with E-state index in [0.29, 0.717) is 18.9 Å². The van der Waals surface area contributed by atoms with E-state index in [2.05, 4.69) is 11.8 Å². The fourth-order valence-corrected chi connectivity index (χ4v) is 12.5. The SMILES string of the molecule is CC[C@@H](C)C(=O)O[C@H]1[C@H](O)[C@H]2[C@H](CN3C[C@@H](C)CC[C@H]3[C@@]2(C)O)[C@@H]2C[C@]34O[C@]5(O)[C@@H](OC(=O)[C@@](C)(O)CC)CC[C@@]3(C)[C@@H]5[C@@H](O)[C@@H](O)[C@H]4[C@@]21O. The summed E-state index contributed by atoms with van der Waals surface area (Å²) in [6.07, 6.45) is -5.18. The van der Waals surface area contributed by atoms with Crippen LogP contribution in [-0.4, -0.2) is 130 Å². The van der Waals surface area contributed by atoms with Gasteiger partial charge in [-0.25, -0.2) is 4.79 Å². The number of ether oxygens (including phenoxy) is 3. The largest absolute Gasteiger partial charge is 0.456 e. The molecule has 3 aliphatic heterocycles. The number of fused-ring (bicyclic) bond motifs is 5. The molecular weight excluding hydrogens is 650 g/mol. The van der Waals surface area contributed by atoms with Crippen LogP contribution in [0.4, 0.5) is 0 Å². The quantitative estimate of drug-likeness (QED) is 0.188. The molecule has 0 aromatic rings. The smallest absolute Gasteiger partial charge is 0.338 e. The molecule has 7 fully saturated rings. The van der Waals surface area contributed by atoms with E-state index in [0.717, 1.165) is 19.4 Å². The van der Waals surface area contributed by atoms with Gasteiger partial charge in [0.05, 0.1) is 47.3 Å². The van der Waals surface area contributed by atoms with Crippen molar-refractivity contribution in [1.82, 2.24) is 4.90 Å². The fourth-order valence-electron chi connectivity index (χ4n) is 12.5. The second kappa shape index (κ2) is 11.5. The van der Waals surface area contributed by atoms with Crippen molar-refractivity contribution in [3.8, 4) is 0 Å². The lowest BCUT2D eigenvalue weighted by atomic mass is 9.48. The Balaban J connectivity index is 1.37. The maximum atomic E-state index is 13.5. The van der Waals surface area contributed by atoms with Gasteiger partial charge in [0.25, 0.3) is 0 Å². The number of nitrogens with zero attached hydrogens (tertiary/aromatic N) is 1. The molecule has 7 rings (SSSR count). The number of carbonyl (C=O) groups is 2. The molecule has 1 spiro atoms. The van der Waals surface area contributed by atoms with Crippen molar-refractivity contribution >= 4 is 11.9 Å². The molecule has 4 aliphatic carbocycles. The summed E-state index contributed by atoms with van der Waals surface area (Å²) in [5.74, 6) is -8.72. The summed E-state index contributed by atoms with van der Waals surface area (Å²) in [7, 11) is 0. The zero-order valence-electron chi connectivity index (χ0n) is 30.5. The Morgan fingerprint density at radius 2 is 1.64 bits per heavy atom. The number of aliphatic hydroxyl groups excluding tert-OH is 3. The van der Waals surface area contributed by atoms with Crippen molar-refractivity contribution in [1.29, 1.82) is 0 Å². The van der Waals surface area contributed by atoms with Crippen LogP contribution < -0.4 is 0 Å². The normalized spacial score (nSPS) is 55.5. The van der Waals surface area contributed by atoms with Gasteiger partial charge in [0.2, 0.25) is 5.79 Å². The molecule has 4 saturated carbocycles. The van der Waals surface area contributed by atoms with Crippen LogP contribution in [0.3, 0.4) is 0 Å². The molecule has 7 aliphatic rings. The molecule has 13 nitrogen and oxygen atoms in total. The standard InChI is InChI=1S/C37H59NO12/c1-8-18(4)30(42)49-29-24(39)23-19(16-38-15-17(3)10-11-21(38)34(23,7)45)20-14-35-28(36(20,29)46)26(41)25(40)27-32(35,5)13-12-22(37(27,47)50-35)48-31(43)33(6,44)9-2/h17-29,39-41,44-47H,8-16H2,1-7H3/t17-,18+,19+,20-,21-,22-,23+,24+,25-,26+,27-,28+,29-,32-,33-,34+,35+,36-,37+/m0/s1. The van der Waals surface area contributed by atoms with Crippen LogP contribution in [0.15, 0.2) is 0 Å². The average molecular weight is 710 g/mol. The number of esters is 2. The molecule has 0 unspecified atom stereocenters. The van der Waals surface area contributed by atoms with Crippen LogP contribution in [-0.2, 0) is 23.8 Å². The number of aliphatic hydroxyl groups is 7. The van der Waals surface area contributed by atoms with E-state index in [9.17, 15) is 45.3 Å². The Hall–Kier alpha value is -1.42. The molecule has 19 atom stereocenters. The second-order valence-electron chi connectivity index (χ2n) is 18.1. The van der Waals surface area contributed by atoms with Crippen molar-refractivity contribution in [3.05, 3.63) is 0 Å². The topological polar surface area (TPSA) is 207 Å². The predicted octanol–water partition coefficient (Wildman–Crippen LogP) is 0.466. The number of carbonyl (C=O) groups excluding carboxylic acids is 2. The summed E-state index contributed by atoms with van der Waals surface area (Å²) in [4.78, 5) is 28.9. The first-order valence-corrected chi connectivity index (χ1v) is 19.0. The van der Waals surface area contributed by atoms with Crippen LogP contribution in [0, 0.1) is 46.8 Å². The minimum atomic E-state index is -2.29. The fraction of sp³-hybridized carbons (Fsp3) is 0.946. The third kappa shape index (κ3) is 4.50. The highest BCUT2D eigenvalue weighted by Gasteiger charge is 2.89. The molecule has 0 aromatic heterocycles. The highest BCUT2D eigenvalue weighted by molar-refractivity contribution is 5.79. The zero-order chi connectivity index (χ0) is 36.7. The van der Waals surface area contributed by atoms with Gasteiger partial charge in [-0.3, -0.25) is 9.69 Å². The van der Waals surface area contributed by atoms with Crippen molar-refractivity contribution in [2.24, 2.45) is 46.8 Å². The van der Waals surface area contributed by atoms with Gasteiger partial charge < -0.3 is 50.0 Å². The van der Waals surface area contributed by atoms with Gasteiger partial charge in [-0.15, -0.1) is 0 Å². The molecule has 284 valence electrons. The highest BCUT2D eigenvalue weighted by Crippen LogP contribution is 2.77. The van der Waals surface area contributed by atoms with E-state index in [1.54, 1.807) is 20.8 Å². The summed E-state index contributed by atoms with van der Waals surface area (Å²) in [5, 5.41) is 85.4. The van der Waals surface area contributed by atoms with Gasteiger partial charge in [0, 0.05) is 30.5 Å². The predicted molar refractivity (Wildman–Crippen MR) is 176 cm³/mol. The van der Waals surface area contributed by atoms with Crippen molar-refractivity contribution in [2.45, 2.75) is 158 Å². The highest BCUT2D eigenvalue weighted by atomic mass is 16.7. The van der Waals surface area contributed by atoms with E-state index in [4.69, 9.17) is 14.2 Å². The second-order valence-corrected chi connectivity index (χ2v) is 18.1. The molecule has 7 N–H and O–H groups in total. The summed E-state index contributed by atoms with van der Waals surface area (Å²) >= 11 is 0. The maximum absolute atomic E-state index is 13.5. The number of rotatable bonds is 6. The summed E-state index contributed by atoms with van der Waals surface area (Å²) in [5.41, 5.74) is -8.00. The van der Waals surface area contributed by atoms with Crippen molar-refractivity contribution in [2.75, 3.05) is 13.1 Å². The zero-order valence-corrected chi connectivity index (χ0v) is 30.5. The Bertz CT molecular complexity index is 1390. The van der Waals surface area contributed by atoms with Gasteiger partial charge in [0.1, 0.15) is 5.60 Å². The number of hydrogen-bond donors (Lipinski definition) is 7. The molecule has 13 heteroatoms. The van der Waals surface area contributed by atoms with E-state index < -0.39 is 112 Å². The molecule has 0 aromatic carbocycles. The molecule has 0 amide bonds. The monoisotopic (exact) mass is 709 g/mol. The lowest BCUT2D eigenvalue weighted by molar-refractivity contribution is -0.301. The summed E-state index contributed by atoms with van der Waals surface area (Å²) in [6.45, 7) is 13.3. The lowest BCUT2D eigenvalue weighted by Crippen LogP contribution is -2.78. The lowest BCUT2D eigenvalue weighted by Gasteiger charge is -2.64. The van der Waals surface area contributed by atoms with Crippen molar-refractivity contribution in [3.63, 3.8) is 0 Å². The molecule has 3 saturated heterocycles. The maximum Gasteiger partial charge on any atom is 0.338 e. The van der Waals surface area contributed by atoms with Crippen LogP contribution in [0.2, 0.25) is 0 Å². The first kappa shape index (κ1) is 36.9. The van der Waals surface area contributed by atoms with Gasteiger partial charge in [-0.05, 0) is 76.5 Å². The Morgan fingerprint density at radius 1 is 0.980 bits per heavy atom. The van der Waals surface area contributed by atoms with E-state index in [1.807, 2.05) is 13.8 Å². The average Bonchev–Trinajstić information content (AvgIpc) is 3.36. The molecular formula is C37H59NO12. The molecule has 3 heterocycles. The van der Waals surface area contributed by atoms with Crippen LogP contribution in [0.5, 0.6) is 0 Å². The third-order valence-electron chi connectivity index (χ3n) is 15.4.